The van der Waals surface area contributed by atoms with E-state index < -0.39 is 45.8 Å². The molecule has 1 amide bonds. The number of aliphatic carboxylic acids is 1. The summed E-state index contributed by atoms with van der Waals surface area (Å²) in [6.45, 7) is 0.943. The molecule has 118 valence electrons. The van der Waals surface area contributed by atoms with Crippen molar-refractivity contribution in [2.45, 2.75) is 24.6 Å². The van der Waals surface area contributed by atoms with Crippen LogP contribution in [0, 0.1) is 5.92 Å². The fourth-order valence-electron chi connectivity index (χ4n) is 2.81. The Labute approximate surface area is 125 Å². The van der Waals surface area contributed by atoms with Gasteiger partial charge in [-0.1, -0.05) is 6.92 Å². The predicted molar refractivity (Wildman–Crippen MR) is 74.0 cm³/mol. The second kappa shape index (κ2) is 5.59. The molecule has 0 aromatic heterocycles. The van der Waals surface area contributed by atoms with Crippen LogP contribution in [0.15, 0.2) is 10.6 Å². The Kier molecular flexibility index (Phi) is 4.34. The monoisotopic (exact) mass is 337 g/mol. The molecule has 0 spiro atoms. The van der Waals surface area contributed by atoms with E-state index in [4.69, 9.17) is 9.66 Å². The fraction of sp³-hybridized carbons (Fsp3) is 0.636. The minimum Gasteiger partial charge on any atom is -0.477 e. The maximum Gasteiger partial charge on any atom is 0.353 e. The third kappa shape index (κ3) is 2.56. The summed E-state index contributed by atoms with van der Waals surface area (Å²) < 4.78 is 31.6. The molecule has 2 aliphatic rings. The zero-order valence-electron chi connectivity index (χ0n) is 11.1. The quantitative estimate of drug-likeness (QED) is 0.437. The fourth-order valence-corrected chi connectivity index (χ4v) is 4.62. The summed E-state index contributed by atoms with van der Waals surface area (Å²) in [5, 5.41) is 16.7. The van der Waals surface area contributed by atoms with Crippen molar-refractivity contribution in [3.05, 3.63) is 10.6 Å². The summed E-state index contributed by atoms with van der Waals surface area (Å²) in [5.74, 6) is -2.43. The minimum atomic E-state index is -4.58. The number of hydrogen-bond acceptors (Lipinski definition) is 6. The molecule has 2 heterocycles. The van der Waals surface area contributed by atoms with Crippen LogP contribution >= 0.6 is 11.8 Å². The lowest BCUT2D eigenvalue weighted by molar-refractivity contribution is -0.155. The Morgan fingerprint density at radius 1 is 1.52 bits per heavy atom. The van der Waals surface area contributed by atoms with E-state index >= 15 is 0 Å². The van der Waals surface area contributed by atoms with E-state index in [0.717, 1.165) is 4.90 Å². The highest BCUT2D eigenvalue weighted by molar-refractivity contribution is 8.03. The van der Waals surface area contributed by atoms with E-state index in [9.17, 15) is 23.1 Å². The molecule has 0 radical (unpaired) electrons. The van der Waals surface area contributed by atoms with Gasteiger partial charge in [-0.2, -0.15) is 8.42 Å². The Bertz CT molecular complexity index is 612. The Hall–Kier alpha value is -1.10. The molecule has 1 fully saturated rings. The maximum atomic E-state index is 12.1. The molecule has 0 unspecified atom stereocenters. The number of thioether (sulfide) groups is 1. The number of carbonyl (C=O) groups is 2. The summed E-state index contributed by atoms with van der Waals surface area (Å²) in [4.78, 5) is 24.9. The molecule has 10 heteroatoms. The first-order valence-corrected chi connectivity index (χ1v) is 8.72. The standard InChI is InChI=1S/C11H15NO7S2/c1-2-20-6-3-5-8(7(4-13)21(17,18)19)10(14)12(5)9(6)11(15)16/h5,7-8,13H,2-4H2,1H3,(H,15,16)(H,17,18,19)/t5-,7-,8+/m1/s1. The molecule has 0 saturated carbocycles. The van der Waals surface area contributed by atoms with Gasteiger partial charge in [-0.3, -0.25) is 9.35 Å². The smallest absolute Gasteiger partial charge is 0.353 e. The number of aliphatic hydroxyl groups is 1. The molecule has 0 aromatic rings. The van der Waals surface area contributed by atoms with Gasteiger partial charge >= 0.3 is 5.97 Å². The number of carboxylic acids is 1. The normalized spacial score (nSPS) is 26.6. The van der Waals surface area contributed by atoms with Crippen LogP contribution in [0.4, 0.5) is 0 Å². The summed E-state index contributed by atoms with van der Waals surface area (Å²) in [5.41, 5.74) is -0.125. The van der Waals surface area contributed by atoms with Crippen molar-refractivity contribution >= 4 is 33.8 Å². The largest absolute Gasteiger partial charge is 0.477 e. The van der Waals surface area contributed by atoms with Crippen molar-refractivity contribution in [3.63, 3.8) is 0 Å². The zero-order valence-corrected chi connectivity index (χ0v) is 12.7. The number of nitrogens with zero attached hydrogens (tertiary/aromatic N) is 1. The molecule has 0 aromatic carbocycles. The van der Waals surface area contributed by atoms with Gasteiger partial charge in [0.15, 0.2) is 0 Å². The van der Waals surface area contributed by atoms with Gasteiger partial charge in [-0.25, -0.2) is 4.79 Å². The summed E-state index contributed by atoms with van der Waals surface area (Å²) in [6.07, 6.45) is 0.225. The van der Waals surface area contributed by atoms with Gasteiger partial charge in [0.05, 0.1) is 18.6 Å². The van der Waals surface area contributed by atoms with Crippen molar-refractivity contribution in [1.82, 2.24) is 4.90 Å². The SMILES string of the molecule is CCSC1=C(C(=O)O)N2C(=O)[C@H]([C@@H](CO)S(=O)(=O)O)[C@H]2C1. The molecule has 3 atom stereocenters. The number of hydrogen-bond donors (Lipinski definition) is 3. The number of carbonyl (C=O) groups excluding carboxylic acids is 1. The molecule has 1 saturated heterocycles. The van der Waals surface area contributed by atoms with E-state index in [2.05, 4.69) is 0 Å². The van der Waals surface area contributed by atoms with Crippen LogP contribution in [0.3, 0.4) is 0 Å². The van der Waals surface area contributed by atoms with Gasteiger partial charge < -0.3 is 15.1 Å². The maximum absolute atomic E-state index is 12.1. The van der Waals surface area contributed by atoms with E-state index in [1.54, 1.807) is 0 Å². The first-order valence-electron chi connectivity index (χ1n) is 6.23. The number of fused-ring (bicyclic) bond motifs is 1. The molecule has 0 bridgehead atoms. The minimum absolute atomic E-state index is 0.125. The van der Waals surface area contributed by atoms with Crippen LogP contribution in [0.1, 0.15) is 13.3 Å². The second-order valence-corrected chi connectivity index (χ2v) is 7.75. The Morgan fingerprint density at radius 2 is 2.14 bits per heavy atom. The molecule has 8 nitrogen and oxygen atoms in total. The van der Waals surface area contributed by atoms with Crippen LogP contribution in [0.2, 0.25) is 0 Å². The van der Waals surface area contributed by atoms with E-state index in [1.807, 2.05) is 6.92 Å². The molecule has 2 rings (SSSR count). The van der Waals surface area contributed by atoms with Crippen molar-refractivity contribution in [3.8, 4) is 0 Å². The molecular formula is C11H15NO7S2. The molecular weight excluding hydrogens is 322 g/mol. The number of aliphatic hydroxyl groups excluding tert-OH is 1. The average Bonchev–Trinajstić information content (AvgIpc) is 2.70. The second-order valence-electron chi connectivity index (χ2n) is 4.75. The number of β-lactam (4-membered cyclic amide) rings is 1. The van der Waals surface area contributed by atoms with Crippen molar-refractivity contribution in [1.29, 1.82) is 0 Å². The summed E-state index contributed by atoms with van der Waals surface area (Å²) in [6, 6.07) is -0.642. The lowest BCUT2D eigenvalue weighted by Crippen LogP contribution is -2.64. The zero-order chi connectivity index (χ0) is 15.9. The predicted octanol–water partition coefficient (Wildman–Crippen LogP) is -0.485. The lowest BCUT2D eigenvalue weighted by atomic mass is 9.84. The van der Waals surface area contributed by atoms with Crippen LogP contribution in [-0.2, 0) is 19.7 Å². The van der Waals surface area contributed by atoms with Crippen LogP contribution in [0.25, 0.3) is 0 Å². The molecule has 21 heavy (non-hydrogen) atoms. The molecule has 3 N–H and O–H groups in total. The molecule has 2 aliphatic heterocycles. The highest BCUT2D eigenvalue weighted by atomic mass is 32.2. The van der Waals surface area contributed by atoms with E-state index in [0.29, 0.717) is 10.7 Å². The van der Waals surface area contributed by atoms with Gasteiger partial charge in [-0.05, 0) is 5.75 Å². The Balaban J connectivity index is 2.31. The third-order valence-corrected chi connectivity index (χ3v) is 5.86. The van der Waals surface area contributed by atoms with Crippen LogP contribution < -0.4 is 0 Å². The third-order valence-electron chi connectivity index (χ3n) is 3.65. The number of amides is 1. The van der Waals surface area contributed by atoms with Crippen LogP contribution in [0.5, 0.6) is 0 Å². The van der Waals surface area contributed by atoms with Gasteiger partial charge in [0.1, 0.15) is 10.9 Å². The first-order chi connectivity index (χ1) is 9.73. The highest BCUT2D eigenvalue weighted by Gasteiger charge is 2.59. The molecule has 0 aliphatic carbocycles. The van der Waals surface area contributed by atoms with Crippen molar-refractivity contribution in [2.24, 2.45) is 5.92 Å². The van der Waals surface area contributed by atoms with E-state index in [-0.39, 0.29) is 12.1 Å². The van der Waals surface area contributed by atoms with Gasteiger partial charge in [-0.15, -0.1) is 11.8 Å². The van der Waals surface area contributed by atoms with Crippen molar-refractivity contribution in [2.75, 3.05) is 12.4 Å². The average molecular weight is 337 g/mol. The van der Waals surface area contributed by atoms with Crippen molar-refractivity contribution < 1.29 is 32.8 Å². The highest BCUT2D eigenvalue weighted by Crippen LogP contribution is 2.47. The first kappa shape index (κ1) is 16.3. The lowest BCUT2D eigenvalue weighted by Gasteiger charge is -2.45. The summed E-state index contributed by atoms with van der Waals surface area (Å²) >= 11 is 1.28. The van der Waals surface area contributed by atoms with Gasteiger partial charge in [0, 0.05) is 11.3 Å². The van der Waals surface area contributed by atoms with E-state index in [1.165, 1.54) is 11.8 Å². The van der Waals surface area contributed by atoms with Gasteiger partial charge in [0.2, 0.25) is 5.91 Å². The topological polar surface area (TPSA) is 132 Å². The summed E-state index contributed by atoms with van der Waals surface area (Å²) in [7, 11) is -4.58. The Morgan fingerprint density at radius 3 is 2.57 bits per heavy atom. The number of rotatable bonds is 6. The van der Waals surface area contributed by atoms with Crippen LogP contribution in [-0.4, -0.2) is 63.6 Å². The van der Waals surface area contributed by atoms with Gasteiger partial charge in [0.25, 0.3) is 10.1 Å². The number of carboxylic acid groups (broad SMARTS) is 1.